The molecule has 3 rings (SSSR count). The quantitative estimate of drug-likeness (QED) is 0.403. The molecule has 5 nitrogen and oxygen atoms in total. The summed E-state index contributed by atoms with van der Waals surface area (Å²) in [6, 6.07) is 19.1. The predicted octanol–water partition coefficient (Wildman–Crippen LogP) is 5.06. The van der Waals surface area contributed by atoms with Crippen LogP contribution in [0.3, 0.4) is 0 Å². The van der Waals surface area contributed by atoms with Crippen molar-refractivity contribution in [3.63, 3.8) is 0 Å². The van der Waals surface area contributed by atoms with E-state index in [1.165, 1.54) is 31.4 Å². The summed E-state index contributed by atoms with van der Waals surface area (Å²) in [5, 5.41) is -1.56. The zero-order valence-electron chi connectivity index (χ0n) is 17.0. The van der Waals surface area contributed by atoms with Crippen LogP contribution >= 0.6 is 15.9 Å². The number of ketones is 2. The lowest BCUT2D eigenvalue weighted by Gasteiger charge is -2.17. The summed E-state index contributed by atoms with van der Waals surface area (Å²) < 4.78 is 32.8. The summed E-state index contributed by atoms with van der Waals surface area (Å²) >= 11 is 3.31. The number of sulfone groups is 1. The SMILES string of the molecule is COc1cccc(C(=O)[C@H](CC(=O)c2ccc(Br)cc2)S(=O)(=O)c2ccc(C)cc2)c1. The smallest absolute Gasteiger partial charge is 0.189 e. The Morgan fingerprint density at radius 1 is 0.935 bits per heavy atom. The maximum atomic E-state index is 13.4. The van der Waals surface area contributed by atoms with E-state index in [4.69, 9.17) is 4.74 Å². The Labute approximate surface area is 190 Å². The second-order valence-electron chi connectivity index (χ2n) is 7.08. The molecule has 160 valence electrons. The second kappa shape index (κ2) is 9.58. The molecular weight excluding hydrogens is 480 g/mol. The number of ether oxygens (including phenoxy) is 1. The third-order valence-electron chi connectivity index (χ3n) is 4.91. The molecule has 0 spiro atoms. The van der Waals surface area contributed by atoms with Crippen molar-refractivity contribution in [2.24, 2.45) is 0 Å². The van der Waals surface area contributed by atoms with Crippen molar-refractivity contribution in [3.05, 3.63) is 94.0 Å². The van der Waals surface area contributed by atoms with Crippen molar-refractivity contribution in [2.75, 3.05) is 7.11 Å². The number of carbonyl (C=O) groups excluding carboxylic acids is 2. The normalized spacial score (nSPS) is 12.2. The largest absolute Gasteiger partial charge is 0.497 e. The highest BCUT2D eigenvalue weighted by atomic mass is 79.9. The van der Waals surface area contributed by atoms with E-state index in [0.29, 0.717) is 11.3 Å². The standard InChI is InChI=1S/C24H21BrO5S/c1-16-6-12-21(13-7-16)31(28,29)23(15-22(26)17-8-10-19(25)11-9-17)24(27)18-4-3-5-20(14-18)30-2/h3-14,23H,15H2,1-2H3/t23-/m0/s1. The lowest BCUT2D eigenvalue weighted by atomic mass is 10.0. The zero-order valence-corrected chi connectivity index (χ0v) is 19.4. The summed E-state index contributed by atoms with van der Waals surface area (Å²) in [5.74, 6) is -0.647. The fourth-order valence-corrected chi connectivity index (χ4v) is 5.02. The number of hydrogen-bond acceptors (Lipinski definition) is 5. The van der Waals surface area contributed by atoms with Gasteiger partial charge in [-0.1, -0.05) is 57.9 Å². The molecule has 0 saturated carbocycles. The molecule has 3 aromatic rings. The van der Waals surface area contributed by atoms with E-state index in [2.05, 4.69) is 15.9 Å². The van der Waals surface area contributed by atoms with Gasteiger partial charge in [0.05, 0.1) is 12.0 Å². The highest BCUT2D eigenvalue weighted by Gasteiger charge is 2.36. The van der Waals surface area contributed by atoms with Crippen LogP contribution in [0.5, 0.6) is 5.75 Å². The van der Waals surface area contributed by atoms with Crippen LogP contribution in [0.1, 0.15) is 32.7 Å². The van der Waals surface area contributed by atoms with Gasteiger partial charge in [0.2, 0.25) is 0 Å². The van der Waals surface area contributed by atoms with Crippen LogP contribution in [0.25, 0.3) is 0 Å². The van der Waals surface area contributed by atoms with Gasteiger partial charge in [-0.3, -0.25) is 9.59 Å². The Balaban J connectivity index is 2.04. The number of benzene rings is 3. The molecule has 1 atom stereocenters. The van der Waals surface area contributed by atoms with Crippen LogP contribution in [-0.2, 0) is 9.84 Å². The first-order valence-corrected chi connectivity index (χ1v) is 11.8. The average Bonchev–Trinajstić information content (AvgIpc) is 2.77. The number of aryl methyl sites for hydroxylation is 1. The summed E-state index contributed by atoms with van der Waals surface area (Å²) in [6.07, 6.45) is -0.464. The third kappa shape index (κ3) is 5.29. The van der Waals surface area contributed by atoms with E-state index in [9.17, 15) is 18.0 Å². The van der Waals surface area contributed by atoms with Gasteiger partial charge >= 0.3 is 0 Å². The number of methoxy groups -OCH3 is 1. The molecule has 0 fully saturated rings. The van der Waals surface area contributed by atoms with Crippen LogP contribution in [0, 0.1) is 6.92 Å². The van der Waals surface area contributed by atoms with Crippen molar-refractivity contribution in [1.29, 1.82) is 0 Å². The Kier molecular flexibility index (Phi) is 7.08. The zero-order chi connectivity index (χ0) is 22.6. The lowest BCUT2D eigenvalue weighted by molar-refractivity contribution is 0.0920. The van der Waals surface area contributed by atoms with Gasteiger partial charge in [0.1, 0.15) is 11.0 Å². The minimum absolute atomic E-state index is 0.00273. The Morgan fingerprint density at radius 3 is 2.19 bits per heavy atom. The van der Waals surface area contributed by atoms with E-state index in [1.807, 2.05) is 6.92 Å². The minimum atomic E-state index is -4.12. The van der Waals surface area contributed by atoms with Crippen molar-refractivity contribution < 1.29 is 22.7 Å². The molecule has 0 bridgehead atoms. The van der Waals surface area contributed by atoms with Crippen LogP contribution in [0.2, 0.25) is 0 Å². The molecule has 0 radical (unpaired) electrons. The van der Waals surface area contributed by atoms with Crippen LogP contribution in [0.4, 0.5) is 0 Å². The molecule has 0 heterocycles. The van der Waals surface area contributed by atoms with Crippen LogP contribution in [0.15, 0.2) is 82.2 Å². The highest BCUT2D eigenvalue weighted by Crippen LogP contribution is 2.26. The third-order valence-corrected chi connectivity index (χ3v) is 7.50. The topological polar surface area (TPSA) is 77.5 Å². The molecule has 31 heavy (non-hydrogen) atoms. The van der Waals surface area contributed by atoms with E-state index >= 15 is 0 Å². The Bertz CT molecular complexity index is 1200. The van der Waals surface area contributed by atoms with Gasteiger partial charge in [0.25, 0.3) is 0 Å². The van der Waals surface area contributed by atoms with Gasteiger partial charge in [-0.05, 0) is 43.3 Å². The summed E-state index contributed by atoms with van der Waals surface area (Å²) in [5.41, 5.74) is 1.40. The molecule has 0 aliphatic rings. The Hall–Kier alpha value is -2.77. The van der Waals surface area contributed by atoms with Gasteiger partial charge in [-0.15, -0.1) is 0 Å². The van der Waals surface area contributed by atoms with Crippen molar-refractivity contribution >= 4 is 37.3 Å². The molecule has 0 aromatic heterocycles. The number of rotatable bonds is 8. The minimum Gasteiger partial charge on any atom is -0.497 e. The summed E-state index contributed by atoms with van der Waals surface area (Å²) in [6.45, 7) is 1.84. The molecule has 3 aromatic carbocycles. The fraction of sp³-hybridized carbons (Fsp3) is 0.167. The lowest BCUT2D eigenvalue weighted by Crippen LogP contribution is -2.33. The van der Waals surface area contributed by atoms with Crippen molar-refractivity contribution in [3.8, 4) is 5.75 Å². The van der Waals surface area contributed by atoms with Crippen molar-refractivity contribution in [1.82, 2.24) is 0 Å². The molecule has 7 heteroatoms. The van der Waals surface area contributed by atoms with E-state index in [0.717, 1.165) is 10.0 Å². The first-order chi connectivity index (χ1) is 14.7. The fourth-order valence-electron chi connectivity index (χ4n) is 3.12. The monoisotopic (exact) mass is 500 g/mol. The van der Waals surface area contributed by atoms with Crippen molar-refractivity contribution in [2.45, 2.75) is 23.5 Å². The van der Waals surface area contributed by atoms with Gasteiger partial charge < -0.3 is 4.74 Å². The highest BCUT2D eigenvalue weighted by molar-refractivity contribution is 9.10. The number of Topliss-reactive ketones (excluding diaryl/α,β-unsaturated/α-hetero) is 2. The first-order valence-electron chi connectivity index (χ1n) is 9.50. The molecule has 0 amide bonds. The predicted molar refractivity (Wildman–Crippen MR) is 123 cm³/mol. The first kappa shape index (κ1) is 22.9. The molecule has 0 aliphatic heterocycles. The molecule has 0 aliphatic carbocycles. The number of carbonyl (C=O) groups is 2. The number of halogens is 1. The molecule has 0 saturated heterocycles. The average molecular weight is 501 g/mol. The molecule has 0 unspecified atom stereocenters. The number of hydrogen-bond donors (Lipinski definition) is 0. The van der Waals surface area contributed by atoms with E-state index in [-0.39, 0.29) is 10.5 Å². The van der Waals surface area contributed by atoms with Crippen LogP contribution < -0.4 is 4.74 Å². The second-order valence-corrected chi connectivity index (χ2v) is 10.1. The summed E-state index contributed by atoms with van der Waals surface area (Å²) in [7, 11) is -2.66. The maximum Gasteiger partial charge on any atom is 0.189 e. The van der Waals surface area contributed by atoms with Gasteiger partial charge in [-0.2, -0.15) is 0 Å². The summed E-state index contributed by atoms with van der Waals surface area (Å²) in [4.78, 5) is 26.2. The molecular formula is C24H21BrO5S. The van der Waals surface area contributed by atoms with Gasteiger partial charge in [0, 0.05) is 22.0 Å². The van der Waals surface area contributed by atoms with Gasteiger partial charge in [0.15, 0.2) is 21.4 Å². The van der Waals surface area contributed by atoms with Crippen LogP contribution in [-0.4, -0.2) is 32.3 Å². The van der Waals surface area contributed by atoms with Gasteiger partial charge in [-0.25, -0.2) is 8.42 Å². The maximum absolute atomic E-state index is 13.4. The van der Waals surface area contributed by atoms with E-state index < -0.39 is 33.1 Å². The Morgan fingerprint density at radius 2 is 1.58 bits per heavy atom. The van der Waals surface area contributed by atoms with E-state index in [1.54, 1.807) is 48.5 Å². The molecule has 0 N–H and O–H groups in total.